The number of thioether (sulfide) groups is 1. The fraction of sp³-hybridized carbons (Fsp3) is 0.550. The summed E-state index contributed by atoms with van der Waals surface area (Å²) in [5, 5.41) is 11.2. The Morgan fingerprint density at radius 3 is 2.93 bits per heavy atom. The van der Waals surface area contributed by atoms with Crippen LogP contribution in [0.15, 0.2) is 32.9 Å². The molecular formula is C20H30N6OS. The summed E-state index contributed by atoms with van der Waals surface area (Å²) in [6.45, 7) is 5.00. The van der Waals surface area contributed by atoms with E-state index in [1.54, 1.807) is 23.5 Å². The van der Waals surface area contributed by atoms with Gasteiger partial charge in [0.2, 0.25) is 0 Å². The highest BCUT2D eigenvalue weighted by atomic mass is 32.2. The molecule has 0 bridgehead atoms. The van der Waals surface area contributed by atoms with Crippen LogP contribution in [-0.4, -0.2) is 40.2 Å². The van der Waals surface area contributed by atoms with E-state index in [1.807, 2.05) is 4.57 Å². The van der Waals surface area contributed by atoms with Gasteiger partial charge < -0.3 is 10.6 Å². The molecule has 152 valence electrons. The largest absolute Gasteiger partial charge is 0.356 e. The normalized spacial score (nSPS) is 14.0. The summed E-state index contributed by atoms with van der Waals surface area (Å²) >= 11 is 1.76. The number of fused-ring (bicyclic) bond motifs is 1. The summed E-state index contributed by atoms with van der Waals surface area (Å²) in [6.07, 6.45) is 6.02. The number of nitrogens with zero attached hydrogens (tertiary/aromatic N) is 4. The van der Waals surface area contributed by atoms with Crippen molar-refractivity contribution in [1.82, 2.24) is 25.0 Å². The highest BCUT2D eigenvalue weighted by Crippen LogP contribution is 2.21. The van der Waals surface area contributed by atoms with E-state index in [2.05, 4.69) is 52.1 Å². The first-order chi connectivity index (χ1) is 13.6. The molecule has 0 saturated heterocycles. The summed E-state index contributed by atoms with van der Waals surface area (Å²) in [6, 6.07) is 6.50. The number of rotatable bonds is 7. The van der Waals surface area contributed by atoms with Crippen LogP contribution in [0, 0.1) is 6.92 Å². The van der Waals surface area contributed by atoms with Gasteiger partial charge in [0, 0.05) is 44.5 Å². The van der Waals surface area contributed by atoms with Gasteiger partial charge in [-0.15, -0.1) is 11.8 Å². The molecule has 8 heteroatoms. The molecule has 2 N–H and O–H groups in total. The number of benzene rings is 1. The lowest BCUT2D eigenvalue weighted by molar-refractivity contribution is 0.509. The van der Waals surface area contributed by atoms with Crippen LogP contribution in [0.5, 0.6) is 0 Å². The van der Waals surface area contributed by atoms with Crippen molar-refractivity contribution in [2.45, 2.75) is 57.1 Å². The van der Waals surface area contributed by atoms with Crippen LogP contribution in [0.4, 0.5) is 0 Å². The molecule has 0 unspecified atom stereocenters. The van der Waals surface area contributed by atoms with Crippen LogP contribution < -0.4 is 16.3 Å². The van der Waals surface area contributed by atoms with Crippen LogP contribution in [-0.2, 0) is 26.1 Å². The van der Waals surface area contributed by atoms with E-state index in [-0.39, 0.29) is 5.69 Å². The minimum absolute atomic E-state index is 0.0289. The van der Waals surface area contributed by atoms with Crippen molar-refractivity contribution in [3.8, 4) is 0 Å². The number of hydrogen-bond donors (Lipinski definition) is 2. The number of guanidine groups is 1. The number of aryl methyl sites for hydroxylation is 3. The van der Waals surface area contributed by atoms with E-state index in [0.717, 1.165) is 57.1 Å². The van der Waals surface area contributed by atoms with Gasteiger partial charge >= 0.3 is 5.69 Å². The quantitative estimate of drug-likeness (QED) is 0.321. The van der Waals surface area contributed by atoms with Gasteiger partial charge in [-0.05, 0) is 49.6 Å². The predicted octanol–water partition coefficient (Wildman–Crippen LogP) is 2.17. The standard InChI is InChI=1S/C20H30N6OS/c1-15-8-9-16(17(13-15)28-3)14-23-19(21-2)22-10-6-12-26-20(27)25-11-5-4-7-18(25)24-26/h8-9,13H,4-7,10-12,14H2,1-3H3,(H2,21,22,23). The Bertz CT molecular complexity index is 885. The third-order valence-electron chi connectivity index (χ3n) is 4.98. The minimum atomic E-state index is 0.0289. The van der Waals surface area contributed by atoms with Crippen molar-refractivity contribution in [2.24, 2.45) is 4.99 Å². The van der Waals surface area contributed by atoms with Crippen molar-refractivity contribution in [2.75, 3.05) is 19.8 Å². The lowest BCUT2D eigenvalue weighted by Gasteiger charge is -2.14. The molecule has 0 atom stereocenters. The van der Waals surface area contributed by atoms with E-state index in [4.69, 9.17) is 0 Å². The lowest BCUT2D eigenvalue weighted by Crippen LogP contribution is -2.38. The zero-order valence-corrected chi connectivity index (χ0v) is 17.8. The Hall–Kier alpha value is -2.22. The molecule has 1 aromatic heterocycles. The zero-order chi connectivity index (χ0) is 19.9. The van der Waals surface area contributed by atoms with E-state index in [0.29, 0.717) is 6.54 Å². The second-order valence-electron chi connectivity index (χ2n) is 7.05. The maximum atomic E-state index is 12.3. The highest BCUT2D eigenvalue weighted by Gasteiger charge is 2.16. The summed E-state index contributed by atoms with van der Waals surface area (Å²) in [5.41, 5.74) is 2.56. The molecule has 0 saturated carbocycles. The monoisotopic (exact) mass is 402 g/mol. The smallest absolute Gasteiger partial charge is 0.345 e. The Labute approximate surface area is 170 Å². The van der Waals surface area contributed by atoms with E-state index in [1.165, 1.54) is 16.0 Å². The molecule has 0 spiro atoms. The van der Waals surface area contributed by atoms with Gasteiger partial charge in [-0.1, -0.05) is 12.1 Å². The highest BCUT2D eigenvalue weighted by molar-refractivity contribution is 7.98. The van der Waals surface area contributed by atoms with Crippen LogP contribution in [0.3, 0.4) is 0 Å². The van der Waals surface area contributed by atoms with Crippen LogP contribution in [0.2, 0.25) is 0 Å². The molecule has 0 aliphatic carbocycles. The Morgan fingerprint density at radius 2 is 2.18 bits per heavy atom. The van der Waals surface area contributed by atoms with Gasteiger partial charge in [-0.2, -0.15) is 5.10 Å². The van der Waals surface area contributed by atoms with Gasteiger partial charge in [-0.25, -0.2) is 9.48 Å². The first-order valence-electron chi connectivity index (χ1n) is 9.87. The molecule has 2 aromatic rings. The van der Waals surface area contributed by atoms with Crippen molar-refractivity contribution < 1.29 is 0 Å². The predicted molar refractivity (Wildman–Crippen MR) is 115 cm³/mol. The minimum Gasteiger partial charge on any atom is -0.356 e. The van der Waals surface area contributed by atoms with Crippen LogP contribution >= 0.6 is 11.8 Å². The molecule has 7 nitrogen and oxygen atoms in total. The average Bonchev–Trinajstić information content (AvgIpc) is 3.04. The third kappa shape index (κ3) is 4.98. The number of nitrogens with one attached hydrogen (secondary N) is 2. The molecule has 28 heavy (non-hydrogen) atoms. The molecule has 1 aromatic carbocycles. The second-order valence-corrected chi connectivity index (χ2v) is 7.90. The SMILES string of the molecule is CN=C(NCCCn1nc2n(c1=O)CCCC2)NCc1ccc(C)cc1SC. The molecule has 0 radical (unpaired) electrons. The number of aliphatic imine (C=N–C) groups is 1. The molecule has 2 heterocycles. The third-order valence-corrected chi connectivity index (χ3v) is 5.80. The van der Waals surface area contributed by atoms with E-state index in [9.17, 15) is 4.79 Å². The van der Waals surface area contributed by atoms with Gasteiger partial charge in [-0.3, -0.25) is 9.56 Å². The van der Waals surface area contributed by atoms with Crippen LogP contribution in [0.1, 0.15) is 36.2 Å². The number of hydrogen-bond acceptors (Lipinski definition) is 4. The first kappa shape index (κ1) is 20.5. The Kier molecular flexibility index (Phi) is 7.19. The average molecular weight is 403 g/mol. The van der Waals surface area contributed by atoms with Crippen molar-refractivity contribution in [3.63, 3.8) is 0 Å². The summed E-state index contributed by atoms with van der Waals surface area (Å²) in [5.74, 6) is 1.70. The van der Waals surface area contributed by atoms with Crippen LogP contribution in [0.25, 0.3) is 0 Å². The van der Waals surface area contributed by atoms with Crippen molar-refractivity contribution >= 4 is 17.7 Å². The Balaban J connectivity index is 1.46. The first-order valence-corrected chi connectivity index (χ1v) is 11.1. The fourth-order valence-corrected chi connectivity index (χ4v) is 4.13. The maximum absolute atomic E-state index is 12.3. The topological polar surface area (TPSA) is 76.2 Å². The van der Waals surface area contributed by atoms with Crippen molar-refractivity contribution in [1.29, 1.82) is 0 Å². The van der Waals surface area contributed by atoms with Gasteiger partial charge in [0.25, 0.3) is 0 Å². The molecule has 1 aliphatic rings. The van der Waals surface area contributed by atoms with Gasteiger partial charge in [0.1, 0.15) is 5.82 Å². The maximum Gasteiger partial charge on any atom is 0.345 e. The fourth-order valence-electron chi connectivity index (χ4n) is 3.43. The summed E-state index contributed by atoms with van der Waals surface area (Å²) in [7, 11) is 1.77. The molecule has 3 rings (SSSR count). The number of aromatic nitrogens is 3. The molecular weight excluding hydrogens is 372 g/mol. The zero-order valence-electron chi connectivity index (χ0n) is 17.0. The van der Waals surface area contributed by atoms with Gasteiger partial charge in [0.05, 0.1) is 0 Å². The molecule has 0 fully saturated rings. The summed E-state index contributed by atoms with van der Waals surface area (Å²) in [4.78, 5) is 17.9. The molecule has 1 aliphatic heterocycles. The van der Waals surface area contributed by atoms with E-state index >= 15 is 0 Å². The summed E-state index contributed by atoms with van der Waals surface area (Å²) < 4.78 is 3.43. The van der Waals surface area contributed by atoms with E-state index < -0.39 is 0 Å². The lowest BCUT2D eigenvalue weighted by atomic mass is 10.1. The second kappa shape index (κ2) is 9.82. The van der Waals surface area contributed by atoms with Crippen molar-refractivity contribution in [3.05, 3.63) is 45.6 Å². The molecule has 0 amide bonds. The van der Waals surface area contributed by atoms with Gasteiger partial charge in [0.15, 0.2) is 5.96 Å². The Morgan fingerprint density at radius 1 is 1.32 bits per heavy atom.